The van der Waals surface area contributed by atoms with E-state index in [4.69, 9.17) is 0 Å². The fourth-order valence-electron chi connectivity index (χ4n) is 2.03. The summed E-state index contributed by atoms with van der Waals surface area (Å²) in [6, 6.07) is 15.3. The molecule has 0 N–H and O–H groups in total. The zero-order valence-corrected chi connectivity index (χ0v) is 8.99. The number of rotatable bonds is 2. The van der Waals surface area contributed by atoms with Gasteiger partial charge in [-0.3, -0.25) is 0 Å². The van der Waals surface area contributed by atoms with Crippen molar-refractivity contribution in [2.24, 2.45) is 0 Å². The topological polar surface area (TPSA) is 0 Å². The van der Waals surface area contributed by atoms with Gasteiger partial charge in [0.1, 0.15) is 5.82 Å². The number of halogens is 1. The summed E-state index contributed by atoms with van der Waals surface area (Å²) in [7, 11) is 0. The van der Waals surface area contributed by atoms with Gasteiger partial charge >= 0.3 is 0 Å². The molecule has 0 amide bonds. The molecule has 0 spiro atoms. The molecule has 1 saturated carbocycles. The third-order valence-electron chi connectivity index (χ3n) is 3.11. The van der Waals surface area contributed by atoms with Crippen molar-refractivity contribution in [1.82, 2.24) is 0 Å². The van der Waals surface area contributed by atoms with Crippen LogP contribution in [-0.4, -0.2) is 0 Å². The molecule has 1 aliphatic rings. The highest BCUT2D eigenvalue weighted by molar-refractivity contribution is 5.64. The van der Waals surface area contributed by atoms with E-state index in [-0.39, 0.29) is 5.82 Å². The van der Waals surface area contributed by atoms with Crippen molar-refractivity contribution < 1.29 is 4.39 Å². The van der Waals surface area contributed by atoms with E-state index in [2.05, 4.69) is 24.3 Å². The Hall–Kier alpha value is -1.63. The number of hydrogen-bond acceptors (Lipinski definition) is 0. The standard InChI is InChI=1S/C15H13F/c16-15-8-6-12(7-9-15)14-3-1-2-13(10-14)11-4-5-11/h1-3,6-11H,4-5H2. The Morgan fingerprint density at radius 1 is 0.875 bits per heavy atom. The molecule has 0 atom stereocenters. The fraction of sp³-hybridized carbons (Fsp3) is 0.200. The molecule has 0 saturated heterocycles. The van der Waals surface area contributed by atoms with Crippen LogP contribution in [0.4, 0.5) is 4.39 Å². The maximum Gasteiger partial charge on any atom is 0.123 e. The third kappa shape index (κ3) is 1.85. The fourth-order valence-corrected chi connectivity index (χ4v) is 2.03. The molecule has 2 aromatic rings. The monoisotopic (exact) mass is 212 g/mol. The maximum atomic E-state index is 12.8. The minimum absolute atomic E-state index is 0.179. The molecule has 0 bridgehead atoms. The molecule has 0 heterocycles. The Morgan fingerprint density at radius 3 is 2.31 bits per heavy atom. The van der Waals surface area contributed by atoms with Gasteiger partial charge < -0.3 is 0 Å². The highest BCUT2D eigenvalue weighted by atomic mass is 19.1. The first-order valence-electron chi connectivity index (χ1n) is 5.69. The van der Waals surface area contributed by atoms with Gasteiger partial charge in [0, 0.05) is 0 Å². The van der Waals surface area contributed by atoms with Gasteiger partial charge in [0.2, 0.25) is 0 Å². The van der Waals surface area contributed by atoms with Crippen molar-refractivity contribution in [2.45, 2.75) is 18.8 Å². The molecule has 80 valence electrons. The SMILES string of the molecule is Fc1ccc(-c2cccc(C3CC3)c2)cc1. The average molecular weight is 212 g/mol. The lowest BCUT2D eigenvalue weighted by Crippen LogP contribution is -1.82. The first-order valence-corrected chi connectivity index (χ1v) is 5.69. The lowest BCUT2D eigenvalue weighted by atomic mass is 10.0. The highest BCUT2D eigenvalue weighted by Gasteiger charge is 2.23. The van der Waals surface area contributed by atoms with Crippen LogP contribution in [-0.2, 0) is 0 Å². The van der Waals surface area contributed by atoms with Crippen LogP contribution in [0.5, 0.6) is 0 Å². The van der Waals surface area contributed by atoms with Crippen molar-refractivity contribution >= 4 is 0 Å². The summed E-state index contributed by atoms with van der Waals surface area (Å²) in [5, 5.41) is 0. The molecule has 1 heteroatoms. The van der Waals surface area contributed by atoms with Gasteiger partial charge in [-0.05, 0) is 47.6 Å². The smallest absolute Gasteiger partial charge is 0.123 e. The maximum absolute atomic E-state index is 12.8. The summed E-state index contributed by atoms with van der Waals surface area (Å²) < 4.78 is 12.8. The summed E-state index contributed by atoms with van der Waals surface area (Å²) >= 11 is 0. The van der Waals surface area contributed by atoms with E-state index in [1.807, 2.05) is 12.1 Å². The largest absolute Gasteiger partial charge is 0.207 e. The van der Waals surface area contributed by atoms with Crippen LogP contribution in [0.1, 0.15) is 24.3 Å². The molecule has 0 aliphatic heterocycles. The Morgan fingerprint density at radius 2 is 1.62 bits per heavy atom. The van der Waals surface area contributed by atoms with Gasteiger partial charge in [-0.15, -0.1) is 0 Å². The van der Waals surface area contributed by atoms with E-state index in [0.717, 1.165) is 11.5 Å². The van der Waals surface area contributed by atoms with Crippen LogP contribution in [0.2, 0.25) is 0 Å². The normalized spacial score (nSPS) is 15.1. The molecule has 0 radical (unpaired) electrons. The lowest BCUT2D eigenvalue weighted by molar-refractivity contribution is 0.628. The van der Waals surface area contributed by atoms with Crippen LogP contribution < -0.4 is 0 Å². The van der Waals surface area contributed by atoms with Crippen LogP contribution in [0.3, 0.4) is 0 Å². The molecule has 0 nitrogen and oxygen atoms in total. The van der Waals surface area contributed by atoms with Gasteiger partial charge in [0.05, 0.1) is 0 Å². The van der Waals surface area contributed by atoms with E-state index in [1.54, 1.807) is 0 Å². The van der Waals surface area contributed by atoms with Gasteiger partial charge in [0.25, 0.3) is 0 Å². The summed E-state index contributed by atoms with van der Waals surface area (Å²) in [6.07, 6.45) is 2.62. The zero-order chi connectivity index (χ0) is 11.0. The van der Waals surface area contributed by atoms with E-state index in [1.165, 1.54) is 36.1 Å². The van der Waals surface area contributed by atoms with Crippen LogP contribution >= 0.6 is 0 Å². The summed E-state index contributed by atoms with van der Waals surface area (Å²) in [5.74, 6) is 0.586. The van der Waals surface area contributed by atoms with Crippen molar-refractivity contribution in [1.29, 1.82) is 0 Å². The molecule has 1 aliphatic carbocycles. The minimum Gasteiger partial charge on any atom is -0.207 e. The van der Waals surface area contributed by atoms with Crippen molar-refractivity contribution in [2.75, 3.05) is 0 Å². The summed E-state index contributed by atoms with van der Waals surface area (Å²) in [6.45, 7) is 0. The molecule has 3 rings (SSSR count). The van der Waals surface area contributed by atoms with E-state index >= 15 is 0 Å². The Labute approximate surface area is 94.7 Å². The molecule has 2 aromatic carbocycles. The average Bonchev–Trinajstić information content (AvgIpc) is 3.14. The quantitative estimate of drug-likeness (QED) is 0.693. The highest BCUT2D eigenvalue weighted by Crippen LogP contribution is 2.41. The van der Waals surface area contributed by atoms with Gasteiger partial charge in [-0.2, -0.15) is 0 Å². The summed E-state index contributed by atoms with van der Waals surface area (Å²) in [5.41, 5.74) is 3.69. The first-order chi connectivity index (χ1) is 7.83. The van der Waals surface area contributed by atoms with Crippen molar-refractivity contribution in [3.8, 4) is 11.1 Å². The van der Waals surface area contributed by atoms with Gasteiger partial charge in [0.15, 0.2) is 0 Å². The number of benzene rings is 2. The van der Waals surface area contributed by atoms with Crippen LogP contribution in [0.25, 0.3) is 11.1 Å². The van der Waals surface area contributed by atoms with E-state index in [0.29, 0.717) is 0 Å². The molecular formula is C15H13F. The molecule has 0 unspecified atom stereocenters. The molecule has 16 heavy (non-hydrogen) atoms. The van der Waals surface area contributed by atoms with Crippen LogP contribution in [0, 0.1) is 5.82 Å². The van der Waals surface area contributed by atoms with Crippen molar-refractivity contribution in [3.05, 3.63) is 59.9 Å². The third-order valence-corrected chi connectivity index (χ3v) is 3.11. The van der Waals surface area contributed by atoms with E-state index < -0.39 is 0 Å². The van der Waals surface area contributed by atoms with E-state index in [9.17, 15) is 4.39 Å². The molecule has 0 aromatic heterocycles. The molecular weight excluding hydrogens is 199 g/mol. The van der Waals surface area contributed by atoms with Crippen molar-refractivity contribution in [3.63, 3.8) is 0 Å². The predicted octanol–water partition coefficient (Wildman–Crippen LogP) is 4.37. The molecule has 1 fully saturated rings. The van der Waals surface area contributed by atoms with Gasteiger partial charge in [-0.1, -0.05) is 36.4 Å². The van der Waals surface area contributed by atoms with Gasteiger partial charge in [-0.25, -0.2) is 4.39 Å². The number of hydrogen-bond donors (Lipinski definition) is 0. The Balaban J connectivity index is 1.98. The van der Waals surface area contributed by atoms with Crippen LogP contribution in [0.15, 0.2) is 48.5 Å². The second kappa shape index (κ2) is 3.75. The zero-order valence-electron chi connectivity index (χ0n) is 8.99. The second-order valence-electron chi connectivity index (χ2n) is 4.41. The predicted molar refractivity (Wildman–Crippen MR) is 63.8 cm³/mol. The Bertz CT molecular complexity index is 495. The second-order valence-corrected chi connectivity index (χ2v) is 4.41. The first kappa shape index (κ1) is 9.59. The summed E-state index contributed by atoms with van der Waals surface area (Å²) in [4.78, 5) is 0. The minimum atomic E-state index is -0.179. The Kier molecular flexibility index (Phi) is 2.24. The lowest BCUT2D eigenvalue weighted by Gasteiger charge is -2.04.